The number of hydrogen-bond acceptors (Lipinski definition) is 1. The molecule has 0 bridgehead atoms. The lowest BCUT2D eigenvalue weighted by Crippen LogP contribution is -2.03. The molecule has 25 heavy (non-hydrogen) atoms. The van der Waals surface area contributed by atoms with Crippen LogP contribution < -0.4 is 0 Å². The van der Waals surface area contributed by atoms with Gasteiger partial charge >= 0.3 is 0 Å². The van der Waals surface area contributed by atoms with Gasteiger partial charge in [-0.2, -0.15) is 0 Å². The van der Waals surface area contributed by atoms with Crippen LogP contribution in [0.3, 0.4) is 0 Å². The van der Waals surface area contributed by atoms with E-state index in [4.69, 9.17) is 0 Å². The van der Waals surface area contributed by atoms with E-state index in [9.17, 15) is 4.79 Å². The second-order valence-electron chi connectivity index (χ2n) is 6.20. The molecule has 0 atom stereocenters. The molecule has 0 unspecified atom stereocenters. The van der Waals surface area contributed by atoms with E-state index >= 15 is 0 Å². The molecule has 4 aromatic carbocycles. The average molecular weight is 322 g/mol. The Balaban J connectivity index is 2.01. The average Bonchev–Trinajstić information content (AvgIpc) is 2.69. The minimum absolute atomic E-state index is 0.0639. The first kappa shape index (κ1) is 15.3. The summed E-state index contributed by atoms with van der Waals surface area (Å²) in [7, 11) is 0. The molecular weight excluding hydrogens is 304 g/mol. The lowest BCUT2D eigenvalue weighted by atomic mass is 9.89. The van der Waals surface area contributed by atoms with E-state index < -0.39 is 0 Å². The SMILES string of the molecule is Cc1c(-c2ccccc2)cc(C(=O)c2ccccc2)c2ccccc12. The molecule has 1 heteroatoms. The van der Waals surface area contributed by atoms with Gasteiger partial charge < -0.3 is 0 Å². The molecule has 0 aliphatic heterocycles. The Labute approximate surface area is 147 Å². The van der Waals surface area contributed by atoms with Crippen molar-refractivity contribution in [3.63, 3.8) is 0 Å². The van der Waals surface area contributed by atoms with Crippen molar-refractivity contribution in [1.29, 1.82) is 0 Å². The van der Waals surface area contributed by atoms with Crippen LogP contribution in [0.4, 0.5) is 0 Å². The maximum atomic E-state index is 13.2. The minimum Gasteiger partial charge on any atom is -0.289 e. The van der Waals surface area contributed by atoms with E-state index in [0.29, 0.717) is 0 Å². The largest absolute Gasteiger partial charge is 0.289 e. The Morgan fingerprint density at radius 2 is 1.24 bits per heavy atom. The van der Waals surface area contributed by atoms with Gasteiger partial charge in [0, 0.05) is 11.1 Å². The summed E-state index contributed by atoms with van der Waals surface area (Å²) < 4.78 is 0. The highest BCUT2D eigenvalue weighted by Crippen LogP contribution is 2.33. The van der Waals surface area contributed by atoms with Crippen LogP contribution in [-0.2, 0) is 0 Å². The van der Waals surface area contributed by atoms with Gasteiger partial charge in [0.25, 0.3) is 0 Å². The van der Waals surface area contributed by atoms with Crippen LogP contribution in [0, 0.1) is 6.92 Å². The van der Waals surface area contributed by atoms with Crippen molar-refractivity contribution in [2.24, 2.45) is 0 Å². The van der Waals surface area contributed by atoms with E-state index in [1.54, 1.807) is 0 Å². The first-order chi connectivity index (χ1) is 12.3. The molecule has 0 radical (unpaired) electrons. The van der Waals surface area contributed by atoms with Gasteiger partial charge in [-0.25, -0.2) is 0 Å². The molecule has 120 valence electrons. The standard InChI is InChI=1S/C24H18O/c1-17-20-14-8-9-15-21(20)23(24(25)19-12-6-3-7-13-19)16-22(17)18-10-4-2-5-11-18/h2-16H,1H3. The molecule has 0 N–H and O–H groups in total. The summed E-state index contributed by atoms with van der Waals surface area (Å²) in [6.45, 7) is 2.13. The molecule has 0 saturated heterocycles. The van der Waals surface area contributed by atoms with Crippen LogP contribution >= 0.6 is 0 Å². The van der Waals surface area contributed by atoms with Crippen molar-refractivity contribution >= 4 is 16.6 Å². The number of rotatable bonds is 3. The van der Waals surface area contributed by atoms with Gasteiger partial charge in [-0.1, -0.05) is 84.9 Å². The van der Waals surface area contributed by atoms with Gasteiger partial charge in [0.2, 0.25) is 0 Å². The lowest BCUT2D eigenvalue weighted by Gasteiger charge is -2.14. The Hall–Kier alpha value is -3.19. The Kier molecular flexibility index (Phi) is 3.91. The topological polar surface area (TPSA) is 17.1 Å². The number of aryl methyl sites for hydroxylation is 1. The normalized spacial score (nSPS) is 10.8. The number of benzene rings is 4. The van der Waals surface area contributed by atoms with Crippen LogP contribution in [0.5, 0.6) is 0 Å². The maximum Gasteiger partial charge on any atom is 0.193 e. The minimum atomic E-state index is 0.0639. The zero-order valence-corrected chi connectivity index (χ0v) is 14.1. The van der Waals surface area contributed by atoms with Crippen LogP contribution in [0.2, 0.25) is 0 Å². The number of hydrogen-bond donors (Lipinski definition) is 0. The van der Waals surface area contributed by atoms with Crippen LogP contribution in [0.1, 0.15) is 21.5 Å². The molecule has 0 amide bonds. The van der Waals surface area contributed by atoms with Crippen molar-refractivity contribution in [2.75, 3.05) is 0 Å². The Bertz CT molecular complexity index is 1050. The van der Waals surface area contributed by atoms with Gasteiger partial charge in [-0.15, -0.1) is 0 Å². The first-order valence-corrected chi connectivity index (χ1v) is 8.43. The fraction of sp³-hybridized carbons (Fsp3) is 0.0417. The van der Waals surface area contributed by atoms with E-state index in [-0.39, 0.29) is 5.78 Å². The molecule has 0 fully saturated rings. The van der Waals surface area contributed by atoms with Gasteiger partial charge in [-0.3, -0.25) is 4.79 Å². The zero-order valence-electron chi connectivity index (χ0n) is 14.1. The highest BCUT2D eigenvalue weighted by molar-refractivity contribution is 6.18. The van der Waals surface area contributed by atoms with E-state index in [1.165, 1.54) is 5.56 Å². The Morgan fingerprint density at radius 3 is 1.92 bits per heavy atom. The fourth-order valence-electron chi connectivity index (χ4n) is 3.37. The van der Waals surface area contributed by atoms with Crippen LogP contribution in [0.25, 0.3) is 21.9 Å². The van der Waals surface area contributed by atoms with Crippen LogP contribution in [-0.4, -0.2) is 5.78 Å². The molecule has 0 heterocycles. The molecule has 0 spiro atoms. The number of carbonyl (C=O) groups excluding carboxylic acids is 1. The first-order valence-electron chi connectivity index (χ1n) is 8.43. The summed E-state index contributed by atoms with van der Waals surface area (Å²) in [5.74, 6) is 0.0639. The summed E-state index contributed by atoms with van der Waals surface area (Å²) in [5.41, 5.74) is 4.92. The Morgan fingerprint density at radius 1 is 0.680 bits per heavy atom. The summed E-state index contributed by atoms with van der Waals surface area (Å²) in [6, 6.07) is 29.9. The fourth-order valence-corrected chi connectivity index (χ4v) is 3.37. The predicted octanol–water partition coefficient (Wildman–Crippen LogP) is 6.05. The van der Waals surface area contributed by atoms with E-state index in [0.717, 1.165) is 33.0 Å². The van der Waals surface area contributed by atoms with Crippen molar-refractivity contribution in [3.8, 4) is 11.1 Å². The highest BCUT2D eigenvalue weighted by atomic mass is 16.1. The van der Waals surface area contributed by atoms with E-state index in [1.807, 2.05) is 72.8 Å². The number of carbonyl (C=O) groups is 1. The third-order valence-electron chi connectivity index (χ3n) is 4.68. The smallest absolute Gasteiger partial charge is 0.193 e. The second kappa shape index (κ2) is 6.37. The highest BCUT2D eigenvalue weighted by Gasteiger charge is 2.16. The van der Waals surface area contributed by atoms with Gasteiger partial charge in [0.15, 0.2) is 5.78 Å². The molecule has 0 aromatic heterocycles. The molecular formula is C24H18O. The molecule has 0 saturated carbocycles. The van der Waals surface area contributed by atoms with Gasteiger partial charge in [0.05, 0.1) is 0 Å². The lowest BCUT2D eigenvalue weighted by molar-refractivity contribution is 0.104. The van der Waals surface area contributed by atoms with Gasteiger partial charge in [-0.05, 0) is 40.5 Å². The molecule has 4 rings (SSSR count). The predicted molar refractivity (Wildman–Crippen MR) is 104 cm³/mol. The van der Waals surface area contributed by atoms with Crippen molar-refractivity contribution in [2.45, 2.75) is 6.92 Å². The van der Waals surface area contributed by atoms with Gasteiger partial charge in [0.1, 0.15) is 0 Å². The molecule has 0 aliphatic carbocycles. The second-order valence-corrected chi connectivity index (χ2v) is 6.20. The van der Waals surface area contributed by atoms with Crippen LogP contribution in [0.15, 0.2) is 91.0 Å². The monoisotopic (exact) mass is 322 g/mol. The van der Waals surface area contributed by atoms with E-state index in [2.05, 4.69) is 25.1 Å². The molecule has 1 nitrogen and oxygen atoms in total. The summed E-state index contributed by atoms with van der Waals surface area (Å²) in [6.07, 6.45) is 0. The third kappa shape index (κ3) is 2.74. The summed E-state index contributed by atoms with van der Waals surface area (Å²) in [4.78, 5) is 13.2. The molecule has 0 aliphatic rings. The summed E-state index contributed by atoms with van der Waals surface area (Å²) >= 11 is 0. The molecule has 4 aromatic rings. The quantitative estimate of drug-likeness (QED) is 0.420. The summed E-state index contributed by atoms with van der Waals surface area (Å²) in [5, 5.41) is 2.14. The van der Waals surface area contributed by atoms with Crippen molar-refractivity contribution in [3.05, 3.63) is 108 Å². The third-order valence-corrected chi connectivity index (χ3v) is 4.68. The zero-order chi connectivity index (χ0) is 17.2. The number of ketones is 1. The van der Waals surface area contributed by atoms with Crippen molar-refractivity contribution < 1.29 is 4.79 Å². The number of fused-ring (bicyclic) bond motifs is 1. The maximum absolute atomic E-state index is 13.2. The van der Waals surface area contributed by atoms with Crippen molar-refractivity contribution in [1.82, 2.24) is 0 Å².